The summed E-state index contributed by atoms with van der Waals surface area (Å²) in [7, 11) is 1.63. The van der Waals surface area contributed by atoms with E-state index >= 15 is 0 Å². The molecule has 1 unspecified atom stereocenters. The highest BCUT2D eigenvalue weighted by Gasteiger charge is 2.11. The van der Waals surface area contributed by atoms with Gasteiger partial charge in [0.25, 0.3) is 0 Å². The molecule has 17 heavy (non-hydrogen) atoms. The molecule has 0 spiro atoms. The van der Waals surface area contributed by atoms with Crippen molar-refractivity contribution in [2.75, 3.05) is 20.4 Å². The molecule has 96 valence electrons. The van der Waals surface area contributed by atoms with Gasteiger partial charge < -0.3 is 14.8 Å². The Balaban J connectivity index is 2.80. The number of nitrogens with one attached hydrogen (secondary N) is 1. The second-order valence-corrected chi connectivity index (χ2v) is 4.27. The highest BCUT2D eigenvalue weighted by Crippen LogP contribution is 2.26. The Hall–Kier alpha value is -1.06. The Labute approximate surface area is 104 Å². The van der Waals surface area contributed by atoms with Crippen molar-refractivity contribution < 1.29 is 9.47 Å². The molecule has 1 N–H and O–H groups in total. The third-order valence-electron chi connectivity index (χ3n) is 2.67. The van der Waals surface area contributed by atoms with E-state index in [4.69, 9.17) is 9.47 Å². The van der Waals surface area contributed by atoms with Crippen LogP contribution in [0, 0.1) is 6.92 Å². The maximum atomic E-state index is 5.61. The maximum Gasteiger partial charge on any atom is 0.188 e. The summed E-state index contributed by atoms with van der Waals surface area (Å²) in [5.41, 5.74) is 2.38. The second-order valence-electron chi connectivity index (χ2n) is 4.27. The van der Waals surface area contributed by atoms with Crippen molar-refractivity contribution in [2.45, 2.75) is 33.2 Å². The van der Waals surface area contributed by atoms with Crippen molar-refractivity contribution in [2.24, 2.45) is 0 Å². The second kappa shape index (κ2) is 7.30. The van der Waals surface area contributed by atoms with E-state index in [1.807, 2.05) is 0 Å². The van der Waals surface area contributed by atoms with E-state index in [0.717, 1.165) is 18.7 Å². The fourth-order valence-corrected chi connectivity index (χ4v) is 1.72. The lowest BCUT2D eigenvalue weighted by atomic mass is 10.0. The Morgan fingerprint density at radius 2 is 2.12 bits per heavy atom. The fraction of sp³-hybridized carbons (Fsp3) is 0.571. The molecule has 0 bridgehead atoms. The van der Waals surface area contributed by atoms with Crippen LogP contribution >= 0.6 is 0 Å². The van der Waals surface area contributed by atoms with E-state index in [-0.39, 0.29) is 6.79 Å². The molecular weight excluding hydrogens is 214 g/mol. The van der Waals surface area contributed by atoms with Crippen LogP contribution in [0.25, 0.3) is 0 Å². The number of benzene rings is 1. The van der Waals surface area contributed by atoms with Gasteiger partial charge in [0.05, 0.1) is 0 Å². The van der Waals surface area contributed by atoms with Crippen LogP contribution in [-0.4, -0.2) is 20.4 Å². The number of hydrogen-bond acceptors (Lipinski definition) is 3. The Morgan fingerprint density at radius 3 is 2.76 bits per heavy atom. The third kappa shape index (κ3) is 4.36. The van der Waals surface area contributed by atoms with Crippen LogP contribution in [-0.2, 0) is 4.74 Å². The van der Waals surface area contributed by atoms with Crippen LogP contribution in [0.15, 0.2) is 18.2 Å². The highest BCUT2D eigenvalue weighted by atomic mass is 16.7. The fourth-order valence-electron chi connectivity index (χ4n) is 1.72. The number of methoxy groups -OCH3 is 1. The molecule has 1 aromatic carbocycles. The predicted octanol–water partition coefficient (Wildman–Crippen LogP) is 3.04. The van der Waals surface area contributed by atoms with Crippen molar-refractivity contribution in [1.29, 1.82) is 0 Å². The smallest absolute Gasteiger partial charge is 0.188 e. The normalized spacial score (nSPS) is 12.5. The molecule has 0 radical (unpaired) electrons. The average Bonchev–Trinajstić information content (AvgIpc) is 2.33. The first-order chi connectivity index (χ1) is 8.19. The van der Waals surface area contributed by atoms with Gasteiger partial charge in [-0.25, -0.2) is 0 Å². The Kier molecular flexibility index (Phi) is 6.01. The molecule has 1 rings (SSSR count). The first-order valence-electron chi connectivity index (χ1n) is 6.14. The quantitative estimate of drug-likeness (QED) is 0.739. The summed E-state index contributed by atoms with van der Waals surface area (Å²) in [4.78, 5) is 0. The van der Waals surface area contributed by atoms with E-state index < -0.39 is 0 Å². The minimum atomic E-state index is 0.289. The van der Waals surface area contributed by atoms with Gasteiger partial charge in [0.1, 0.15) is 5.75 Å². The largest absolute Gasteiger partial charge is 0.467 e. The molecule has 1 aromatic rings. The topological polar surface area (TPSA) is 30.5 Å². The van der Waals surface area contributed by atoms with Crippen LogP contribution < -0.4 is 10.1 Å². The molecule has 0 aliphatic carbocycles. The van der Waals surface area contributed by atoms with Crippen molar-refractivity contribution in [3.8, 4) is 5.75 Å². The summed E-state index contributed by atoms with van der Waals surface area (Å²) < 4.78 is 10.6. The Morgan fingerprint density at radius 1 is 1.35 bits per heavy atom. The number of rotatable bonds is 7. The zero-order valence-corrected chi connectivity index (χ0v) is 11.2. The van der Waals surface area contributed by atoms with Gasteiger partial charge in [0, 0.05) is 18.7 Å². The number of aryl methyl sites for hydroxylation is 1. The summed E-state index contributed by atoms with van der Waals surface area (Å²) in [6, 6.07) is 6.58. The number of hydrogen-bond donors (Lipinski definition) is 1. The van der Waals surface area contributed by atoms with Crippen LogP contribution in [0.5, 0.6) is 5.75 Å². The van der Waals surface area contributed by atoms with Gasteiger partial charge in [-0.3, -0.25) is 0 Å². The van der Waals surface area contributed by atoms with E-state index in [9.17, 15) is 0 Å². The zero-order valence-electron chi connectivity index (χ0n) is 11.2. The lowest BCUT2D eigenvalue weighted by Crippen LogP contribution is -2.20. The predicted molar refractivity (Wildman–Crippen MR) is 70.4 cm³/mol. The minimum Gasteiger partial charge on any atom is -0.467 e. The maximum absolute atomic E-state index is 5.61. The van der Waals surface area contributed by atoms with Crippen LogP contribution in [0.1, 0.15) is 37.4 Å². The van der Waals surface area contributed by atoms with Crippen LogP contribution in [0.2, 0.25) is 0 Å². The molecule has 0 saturated heterocycles. The monoisotopic (exact) mass is 237 g/mol. The molecule has 0 aliphatic rings. The zero-order chi connectivity index (χ0) is 12.7. The molecule has 0 saturated carbocycles. The molecule has 0 aromatic heterocycles. The lowest BCUT2D eigenvalue weighted by molar-refractivity contribution is 0.0500. The first-order valence-corrected chi connectivity index (χ1v) is 6.14. The third-order valence-corrected chi connectivity index (χ3v) is 2.67. The number of ether oxygens (including phenoxy) is 2. The molecule has 0 fully saturated rings. The van der Waals surface area contributed by atoms with Crippen molar-refractivity contribution in [3.05, 3.63) is 29.3 Å². The van der Waals surface area contributed by atoms with Gasteiger partial charge in [0.15, 0.2) is 6.79 Å². The SMILES string of the molecule is CCCNC(C)c1ccc(C)cc1OCOC. The van der Waals surface area contributed by atoms with E-state index in [0.29, 0.717) is 6.04 Å². The molecule has 0 heterocycles. The van der Waals surface area contributed by atoms with Crippen molar-refractivity contribution in [3.63, 3.8) is 0 Å². The molecule has 3 heteroatoms. The molecule has 0 aliphatic heterocycles. The standard InChI is InChI=1S/C14H23NO2/c1-5-8-15-12(3)13-7-6-11(2)9-14(13)17-10-16-4/h6-7,9,12,15H,5,8,10H2,1-4H3. The van der Waals surface area contributed by atoms with E-state index in [2.05, 4.69) is 44.3 Å². The summed E-state index contributed by atoms with van der Waals surface area (Å²) in [5.74, 6) is 0.906. The minimum absolute atomic E-state index is 0.289. The van der Waals surface area contributed by atoms with Gasteiger partial charge in [0.2, 0.25) is 0 Å². The van der Waals surface area contributed by atoms with Crippen molar-refractivity contribution in [1.82, 2.24) is 5.32 Å². The molecular formula is C14H23NO2. The first kappa shape index (κ1) is 14.0. The molecule has 0 amide bonds. The van der Waals surface area contributed by atoms with E-state index in [1.54, 1.807) is 7.11 Å². The van der Waals surface area contributed by atoms with Crippen molar-refractivity contribution >= 4 is 0 Å². The van der Waals surface area contributed by atoms with Gasteiger partial charge in [-0.15, -0.1) is 0 Å². The van der Waals surface area contributed by atoms with E-state index in [1.165, 1.54) is 11.1 Å². The van der Waals surface area contributed by atoms with Gasteiger partial charge in [-0.2, -0.15) is 0 Å². The van der Waals surface area contributed by atoms with Crippen LogP contribution in [0.3, 0.4) is 0 Å². The summed E-state index contributed by atoms with van der Waals surface area (Å²) in [6.07, 6.45) is 1.13. The van der Waals surface area contributed by atoms with Gasteiger partial charge >= 0.3 is 0 Å². The Bertz CT molecular complexity index is 339. The van der Waals surface area contributed by atoms with Gasteiger partial charge in [-0.05, 0) is 38.4 Å². The molecule has 3 nitrogen and oxygen atoms in total. The summed E-state index contributed by atoms with van der Waals surface area (Å²) >= 11 is 0. The summed E-state index contributed by atoms with van der Waals surface area (Å²) in [5, 5.41) is 3.46. The lowest BCUT2D eigenvalue weighted by Gasteiger charge is -2.18. The summed E-state index contributed by atoms with van der Waals surface area (Å²) in [6.45, 7) is 7.68. The average molecular weight is 237 g/mol. The molecule has 1 atom stereocenters. The van der Waals surface area contributed by atoms with Gasteiger partial charge in [-0.1, -0.05) is 19.1 Å². The van der Waals surface area contributed by atoms with Crippen LogP contribution in [0.4, 0.5) is 0 Å². The highest BCUT2D eigenvalue weighted by molar-refractivity contribution is 5.39.